The maximum atomic E-state index is 5.91. The summed E-state index contributed by atoms with van der Waals surface area (Å²) in [4.78, 5) is 12.0. The van der Waals surface area contributed by atoms with Gasteiger partial charge in [0, 0.05) is 59.6 Å². The fourth-order valence-corrected chi connectivity index (χ4v) is 4.84. The van der Waals surface area contributed by atoms with E-state index in [4.69, 9.17) is 14.7 Å². The number of pyridine rings is 2. The van der Waals surface area contributed by atoms with Crippen LogP contribution in [0.5, 0.6) is 5.75 Å². The SMILES string of the molecule is COc1c(-c2ccc(N3CC(C)NC(C)C3)nc2)cnc2c(-c3ccc(C)cc3)cccc12. The maximum Gasteiger partial charge on any atom is 0.137 e. The number of rotatable bonds is 4. The van der Waals surface area contributed by atoms with Gasteiger partial charge >= 0.3 is 0 Å². The van der Waals surface area contributed by atoms with Crippen LogP contribution in [-0.2, 0) is 0 Å². The molecule has 0 radical (unpaired) electrons. The number of benzene rings is 2. The van der Waals surface area contributed by atoms with Gasteiger partial charge < -0.3 is 15.0 Å². The Morgan fingerprint density at radius 1 is 0.848 bits per heavy atom. The fourth-order valence-electron chi connectivity index (χ4n) is 4.84. The molecular formula is C28H30N4O. The first kappa shape index (κ1) is 21.4. The Morgan fingerprint density at radius 2 is 1.58 bits per heavy atom. The van der Waals surface area contributed by atoms with Crippen LogP contribution in [0.2, 0.25) is 0 Å². The van der Waals surface area contributed by atoms with E-state index in [1.807, 2.05) is 12.4 Å². The molecule has 0 spiro atoms. The molecule has 2 aromatic heterocycles. The number of fused-ring (bicyclic) bond motifs is 1. The smallest absolute Gasteiger partial charge is 0.137 e. The molecule has 1 fully saturated rings. The number of hydrogen-bond acceptors (Lipinski definition) is 5. The third-order valence-electron chi connectivity index (χ3n) is 6.36. The lowest BCUT2D eigenvalue weighted by Gasteiger charge is -2.36. The third kappa shape index (κ3) is 4.16. The number of piperazine rings is 1. The normalized spacial score (nSPS) is 18.5. The second kappa shape index (κ2) is 8.83. The third-order valence-corrected chi connectivity index (χ3v) is 6.36. The van der Waals surface area contributed by atoms with E-state index in [-0.39, 0.29) is 0 Å². The zero-order chi connectivity index (χ0) is 22.9. The molecule has 2 atom stereocenters. The summed E-state index contributed by atoms with van der Waals surface area (Å²) >= 11 is 0. The van der Waals surface area contributed by atoms with Gasteiger partial charge in [0.25, 0.3) is 0 Å². The monoisotopic (exact) mass is 438 g/mol. The second-order valence-corrected chi connectivity index (χ2v) is 9.05. The van der Waals surface area contributed by atoms with Crippen molar-refractivity contribution >= 4 is 16.7 Å². The van der Waals surface area contributed by atoms with Crippen molar-refractivity contribution in [3.63, 3.8) is 0 Å². The standard InChI is InChI=1S/C28H30N4O/c1-18-8-10-21(11-9-18)23-6-5-7-24-27(23)30-15-25(28(24)33-4)22-12-13-26(29-14-22)32-16-19(2)31-20(3)17-32/h5-15,19-20,31H,16-17H2,1-4H3. The van der Waals surface area contributed by atoms with E-state index in [2.05, 4.69) is 85.6 Å². The molecular weight excluding hydrogens is 408 g/mol. The van der Waals surface area contributed by atoms with Crippen molar-refractivity contribution in [3.05, 3.63) is 72.6 Å². The lowest BCUT2D eigenvalue weighted by Crippen LogP contribution is -2.54. The van der Waals surface area contributed by atoms with Crippen LogP contribution in [0.3, 0.4) is 0 Å². The van der Waals surface area contributed by atoms with Crippen LogP contribution < -0.4 is 15.0 Å². The van der Waals surface area contributed by atoms with Gasteiger partial charge in [-0.05, 0) is 44.5 Å². The lowest BCUT2D eigenvalue weighted by atomic mass is 9.98. The molecule has 3 heterocycles. The van der Waals surface area contributed by atoms with Crippen molar-refractivity contribution in [1.82, 2.24) is 15.3 Å². The molecule has 5 nitrogen and oxygen atoms in total. The molecule has 1 aliphatic rings. The Kier molecular flexibility index (Phi) is 5.73. The summed E-state index contributed by atoms with van der Waals surface area (Å²) < 4.78 is 5.91. The minimum Gasteiger partial charge on any atom is -0.495 e. The van der Waals surface area contributed by atoms with Crippen molar-refractivity contribution in [2.45, 2.75) is 32.9 Å². The predicted octanol–water partition coefficient (Wildman–Crippen LogP) is 5.47. The summed E-state index contributed by atoms with van der Waals surface area (Å²) in [6.45, 7) is 8.45. The van der Waals surface area contributed by atoms with Crippen molar-refractivity contribution in [1.29, 1.82) is 0 Å². The second-order valence-electron chi connectivity index (χ2n) is 9.05. The van der Waals surface area contributed by atoms with Crippen LogP contribution in [0.15, 0.2) is 67.0 Å². The summed E-state index contributed by atoms with van der Waals surface area (Å²) in [5.74, 6) is 1.83. The summed E-state index contributed by atoms with van der Waals surface area (Å²) in [6.07, 6.45) is 3.84. The molecule has 5 heteroatoms. The molecule has 5 rings (SSSR count). The maximum absolute atomic E-state index is 5.91. The first-order valence-corrected chi connectivity index (χ1v) is 11.5. The van der Waals surface area contributed by atoms with Gasteiger partial charge in [-0.3, -0.25) is 4.98 Å². The predicted molar refractivity (Wildman–Crippen MR) is 136 cm³/mol. The molecule has 1 saturated heterocycles. The van der Waals surface area contributed by atoms with Gasteiger partial charge in [-0.15, -0.1) is 0 Å². The number of ether oxygens (including phenoxy) is 1. The van der Waals surface area contributed by atoms with Crippen LogP contribution in [0.1, 0.15) is 19.4 Å². The van der Waals surface area contributed by atoms with Gasteiger partial charge in [-0.25, -0.2) is 4.98 Å². The number of anilines is 1. The first-order chi connectivity index (χ1) is 16.0. The molecule has 2 aromatic carbocycles. The van der Waals surface area contributed by atoms with Crippen LogP contribution >= 0.6 is 0 Å². The quantitative estimate of drug-likeness (QED) is 0.458. The highest BCUT2D eigenvalue weighted by molar-refractivity contribution is 6.00. The van der Waals surface area contributed by atoms with E-state index in [1.54, 1.807) is 7.11 Å². The summed E-state index contributed by atoms with van der Waals surface area (Å²) in [5, 5.41) is 4.57. The lowest BCUT2D eigenvalue weighted by molar-refractivity contribution is 0.405. The largest absolute Gasteiger partial charge is 0.495 e. The number of methoxy groups -OCH3 is 1. The average Bonchev–Trinajstić information content (AvgIpc) is 2.83. The van der Waals surface area contributed by atoms with E-state index >= 15 is 0 Å². The van der Waals surface area contributed by atoms with Gasteiger partial charge in [-0.2, -0.15) is 0 Å². The molecule has 2 unspecified atom stereocenters. The van der Waals surface area contributed by atoms with Crippen molar-refractivity contribution < 1.29 is 4.74 Å². The molecule has 0 aliphatic carbocycles. The van der Waals surface area contributed by atoms with E-state index in [1.165, 1.54) is 5.56 Å². The number of para-hydroxylation sites is 1. The number of nitrogens with one attached hydrogen (secondary N) is 1. The van der Waals surface area contributed by atoms with E-state index < -0.39 is 0 Å². The number of aryl methyl sites for hydroxylation is 1. The zero-order valence-corrected chi connectivity index (χ0v) is 19.7. The number of nitrogens with zero attached hydrogens (tertiary/aromatic N) is 3. The summed E-state index contributed by atoms with van der Waals surface area (Å²) in [5.41, 5.74) is 6.39. The number of aromatic nitrogens is 2. The molecule has 4 aromatic rings. The van der Waals surface area contributed by atoms with Crippen LogP contribution in [0, 0.1) is 6.92 Å². The van der Waals surface area contributed by atoms with Crippen LogP contribution in [0.4, 0.5) is 5.82 Å². The first-order valence-electron chi connectivity index (χ1n) is 11.5. The highest BCUT2D eigenvalue weighted by Gasteiger charge is 2.22. The van der Waals surface area contributed by atoms with Crippen molar-refractivity contribution in [3.8, 4) is 28.0 Å². The molecule has 1 N–H and O–H groups in total. The molecule has 33 heavy (non-hydrogen) atoms. The van der Waals surface area contributed by atoms with Crippen molar-refractivity contribution in [2.24, 2.45) is 0 Å². The molecule has 0 saturated carbocycles. The summed E-state index contributed by atoms with van der Waals surface area (Å²) in [7, 11) is 1.72. The Hall–Kier alpha value is -3.44. The van der Waals surface area contributed by atoms with Crippen molar-refractivity contribution in [2.75, 3.05) is 25.1 Å². The fraction of sp³-hybridized carbons (Fsp3) is 0.286. The Labute approximate surface area is 195 Å². The minimum absolute atomic E-state index is 0.447. The van der Waals surface area contributed by atoms with Gasteiger partial charge in [-0.1, -0.05) is 42.0 Å². The Morgan fingerprint density at radius 3 is 2.24 bits per heavy atom. The average molecular weight is 439 g/mol. The molecule has 168 valence electrons. The molecule has 1 aliphatic heterocycles. The van der Waals surface area contributed by atoms with E-state index in [0.717, 1.165) is 57.8 Å². The Balaban J connectivity index is 1.53. The Bertz CT molecular complexity index is 1260. The zero-order valence-electron chi connectivity index (χ0n) is 19.7. The minimum atomic E-state index is 0.447. The summed E-state index contributed by atoms with van der Waals surface area (Å²) in [6, 6.07) is 19.9. The van der Waals surface area contributed by atoms with Crippen LogP contribution in [0.25, 0.3) is 33.2 Å². The van der Waals surface area contributed by atoms with Crippen LogP contribution in [-0.4, -0.2) is 42.3 Å². The van der Waals surface area contributed by atoms with Gasteiger partial charge in [0.05, 0.1) is 12.6 Å². The highest BCUT2D eigenvalue weighted by Crippen LogP contribution is 2.39. The van der Waals surface area contributed by atoms with Gasteiger partial charge in [0.15, 0.2) is 0 Å². The van der Waals surface area contributed by atoms with Gasteiger partial charge in [0.1, 0.15) is 11.6 Å². The van der Waals surface area contributed by atoms with E-state index in [0.29, 0.717) is 12.1 Å². The van der Waals surface area contributed by atoms with E-state index in [9.17, 15) is 0 Å². The number of hydrogen-bond donors (Lipinski definition) is 1. The molecule has 0 bridgehead atoms. The molecule has 0 amide bonds. The highest BCUT2D eigenvalue weighted by atomic mass is 16.5. The van der Waals surface area contributed by atoms with Gasteiger partial charge in [0.2, 0.25) is 0 Å². The topological polar surface area (TPSA) is 50.3 Å².